The molecule has 2 heterocycles. The molecule has 2 aromatic heterocycles. The molecular formula is C20H22ClN2O4+. The molecule has 0 saturated heterocycles. The third kappa shape index (κ3) is 4.98. The molecule has 3 aromatic rings. The van der Waals surface area contributed by atoms with Crippen LogP contribution in [0.5, 0.6) is 5.75 Å². The molecule has 3 rings (SSSR count). The van der Waals surface area contributed by atoms with Crippen molar-refractivity contribution in [2.24, 2.45) is 0 Å². The van der Waals surface area contributed by atoms with Crippen LogP contribution in [0.25, 0.3) is 22.6 Å². The van der Waals surface area contributed by atoms with Gasteiger partial charge >= 0.3 is 5.97 Å². The molecule has 7 heteroatoms. The molecule has 0 spiro atoms. The number of esters is 1. The lowest BCUT2D eigenvalue weighted by Gasteiger charge is -2.01. The molecule has 0 fully saturated rings. The summed E-state index contributed by atoms with van der Waals surface area (Å²) in [6, 6.07) is 6.92. The number of hydrogen-bond acceptors (Lipinski definition) is 5. The third-order valence-corrected chi connectivity index (χ3v) is 4.50. The number of phenols is 1. The Bertz CT molecular complexity index is 883. The van der Waals surface area contributed by atoms with Gasteiger partial charge in [0.2, 0.25) is 5.89 Å². The normalized spacial score (nSPS) is 11.0. The van der Waals surface area contributed by atoms with Crippen LogP contribution < -0.4 is 4.57 Å². The predicted molar refractivity (Wildman–Crippen MR) is 101 cm³/mol. The van der Waals surface area contributed by atoms with Gasteiger partial charge in [-0.2, -0.15) is 0 Å². The van der Waals surface area contributed by atoms with E-state index in [0.29, 0.717) is 30.0 Å². The highest BCUT2D eigenvalue weighted by Crippen LogP contribution is 2.31. The molecule has 0 aliphatic carbocycles. The maximum Gasteiger partial charge on any atom is 0.305 e. The van der Waals surface area contributed by atoms with E-state index in [2.05, 4.69) is 9.55 Å². The quantitative estimate of drug-likeness (QED) is 0.354. The second-order valence-electron chi connectivity index (χ2n) is 6.23. The van der Waals surface area contributed by atoms with Gasteiger partial charge in [0.05, 0.1) is 11.6 Å². The standard InChI is InChI=1S/C20H21ClN2O4/c1-2-26-19(25)6-4-3-5-9-23-10-7-14(8-11-23)20-22-16-12-15(21)17(24)13-18(16)27-20/h7-8,10-13H,2-6,9H2,1H3/p+1. The van der Waals surface area contributed by atoms with Gasteiger partial charge in [0.15, 0.2) is 18.0 Å². The highest BCUT2D eigenvalue weighted by Gasteiger charge is 2.12. The minimum Gasteiger partial charge on any atom is -0.506 e. The topological polar surface area (TPSA) is 76.4 Å². The van der Waals surface area contributed by atoms with E-state index >= 15 is 0 Å². The first-order chi connectivity index (χ1) is 13.1. The predicted octanol–water partition coefficient (Wildman–Crippen LogP) is 4.26. The van der Waals surface area contributed by atoms with Crippen LogP contribution >= 0.6 is 11.6 Å². The van der Waals surface area contributed by atoms with Gasteiger partial charge in [0, 0.05) is 36.6 Å². The zero-order valence-electron chi connectivity index (χ0n) is 15.2. The summed E-state index contributed by atoms with van der Waals surface area (Å²) in [4.78, 5) is 15.7. The van der Waals surface area contributed by atoms with Gasteiger partial charge in [-0.05, 0) is 25.8 Å². The Labute approximate surface area is 162 Å². The number of carbonyl (C=O) groups excluding carboxylic acids is 1. The van der Waals surface area contributed by atoms with Crippen LogP contribution in [-0.2, 0) is 16.1 Å². The fourth-order valence-electron chi connectivity index (χ4n) is 2.78. The molecule has 1 N–H and O–H groups in total. The molecule has 0 atom stereocenters. The number of ether oxygens (including phenoxy) is 1. The van der Waals surface area contributed by atoms with Crippen LogP contribution in [-0.4, -0.2) is 22.7 Å². The van der Waals surface area contributed by atoms with Crippen molar-refractivity contribution in [2.75, 3.05) is 6.61 Å². The maximum absolute atomic E-state index is 11.3. The van der Waals surface area contributed by atoms with Gasteiger partial charge in [-0.3, -0.25) is 4.79 Å². The van der Waals surface area contributed by atoms with E-state index in [9.17, 15) is 9.90 Å². The first kappa shape index (κ1) is 19.2. The van der Waals surface area contributed by atoms with Crippen LogP contribution in [0.3, 0.4) is 0 Å². The molecule has 1 aromatic carbocycles. The van der Waals surface area contributed by atoms with E-state index < -0.39 is 0 Å². The van der Waals surface area contributed by atoms with E-state index in [4.69, 9.17) is 20.8 Å². The van der Waals surface area contributed by atoms with E-state index in [1.54, 1.807) is 6.07 Å². The number of halogens is 1. The number of nitrogens with zero attached hydrogens (tertiary/aromatic N) is 2. The summed E-state index contributed by atoms with van der Waals surface area (Å²) in [5, 5.41) is 9.91. The lowest BCUT2D eigenvalue weighted by molar-refractivity contribution is -0.697. The molecule has 142 valence electrons. The minimum atomic E-state index is -0.123. The number of fused-ring (bicyclic) bond motifs is 1. The number of unbranched alkanes of at least 4 members (excludes halogenated alkanes) is 2. The molecule has 0 aliphatic heterocycles. The van der Waals surface area contributed by atoms with Crippen molar-refractivity contribution >= 4 is 28.7 Å². The summed E-state index contributed by atoms with van der Waals surface area (Å²) >= 11 is 5.91. The first-order valence-corrected chi connectivity index (χ1v) is 9.38. The van der Waals surface area contributed by atoms with Crippen LogP contribution in [0.4, 0.5) is 0 Å². The van der Waals surface area contributed by atoms with E-state index in [-0.39, 0.29) is 16.7 Å². The summed E-state index contributed by atoms with van der Waals surface area (Å²) in [5.41, 5.74) is 1.94. The fourth-order valence-corrected chi connectivity index (χ4v) is 2.94. The number of aromatic hydroxyl groups is 1. The summed E-state index contributed by atoms with van der Waals surface area (Å²) in [5.74, 6) is 0.330. The number of rotatable bonds is 8. The van der Waals surface area contributed by atoms with Gasteiger partial charge < -0.3 is 14.3 Å². The number of pyridine rings is 1. The number of oxazole rings is 1. The van der Waals surface area contributed by atoms with Crippen molar-refractivity contribution < 1.29 is 23.6 Å². The number of aryl methyl sites for hydroxylation is 1. The second-order valence-corrected chi connectivity index (χ2v) is 6.64. The number of benzene rings is 1. The Morgan fingerprint density at radius 3 is 2.78 bits per heavy atom. The van der Waals surface area contributed by atoms with Crippen molar-refractivity contribution in [1.82, 2.24) is 4.98 Å². The van der Waals surface area contributed by atoms with E-state index in [0.717, 1.165) is 31.4 Å². The zero-order chi connectivity index (χ0) is 19.2. The number of hydrogen-bond donors (Lipinski definition) is 1. The molecular weight excluding hydrogens is 368 g/mol. The number of phenolic OH excluding ortho intramolecular Hbond substituents is 1. The van der Waals surface area contributed by atoms with Crippen LogP contribution in [0.15, 0.2) is 41.1 Å². The molecule has 27 heavy (non-hydrogen) atoms. The number of aromatic nitrogens is 2. The Kier molecular flexibility index (Phi) is 6.29. The Balaban J connectivity index is 1.55. The Hall–Kier alpha value is -2.60. The Morgan fingerprint density at radius 2 is 2.04 bits per heavy atom. The largest absolute Gasteiger partial charge is 0.506 e. The molecule has 0 bridgehead atoms. The average molecular weight is 390 g/mol. The molecule has 6 nitrogen and oxygen atoms in total. The van der Waals surface area contributed by atoms with Crippen LogP contribution in [0.1, 0.15) is 32.6 Å². The lowest BCUT2D eigenvalue weighted by Crippen LogP contribution is -2.32. The summed E-state index contributed by atoms with van der Waals surface area (Å²) in [6.45, 7) is 3.13. The summed E-state index contributed by atoms with van der Waals surface area (Å²) in [7, 11) is 0. The van der Waals surface area contributed by atoms with Crippen LogP contribution in [0, 0.1) is 0 Å². The van der Waals surface area contributed by atoms with Gasteiger partial charge in [-0.15, -0.1) is 0 Å². The monoisotopic (exact) mass is 389 g/mol. The molecule has 0 amide bonds. The van der Waals surface area contributed by atoms with Crippen molar-refractivity contribution in [3.63, 3.8) is 0 Å². The van der Waals surface area contributed by atoms with Gasteiger partial charge in [0.1, 0.15) is 17.8 Å². The Morgan fingerprint density at radius 1 is 1.26 bits per heavy atom. The molecule has 0 unspecified atom stereocenters. The average Bonchev–Trinajstić information content (AvgIpc) is 3.05. The minimum absolute atomic E-state index is 0.0271. The molecule has 0 saturated carbocycles. The smallest absolute Gasteiger partial charge is 0.305 e. The summed E-state index contributed by atoms with van der Waals surface area (Å²) < 4.78 is 12.7. The molecule has 0 radical (unpaired) electrons. The zero-order valence-corrected chi connectivity index (χ0v) is 15.9. The maximum atomic E-state index is 11.3. The van der Waals surface area contributed by atoms with Gasteiger partial charge in [-0.1, -0.05) is 11.6 Å². The van der Waals surface area contributed by atoms with Crippen LogP contribution in [0.2, 0.25) is 5.02 Å². The van der Waals surface area contributed by atoms with Crippen molar-refractivity contribution in [2.45, 2.75) is 39.2 Å². The summed E-state index contributed by atoms with van der Waals surface area (Å²) in [6.07, 6.45) is 7.23. The highest BCUT2D eigenvalue weighted by molar-refractivity contribution is 6.32. The fraction of sp³-hybridized carbons (Fsp3) is 0.350. The molecule has 0 aliphatic rings. The van der Waals surface area contributed by atoms with Crippen molar-refractivity contribution in [3.8, 4) is 17.2 Å². The van der Waals surface area contributed by atoms with Gasteiger partial charge in [-0.25, -0.2) is 9.55 Å². The van der Waals surface area contributed by atoms with E-state index in [1.807, 2.05) is 31.5 Å². The number of carbonyl (C=O) groups is 1. The van der Waals surface area contributed by atoms with Gasteiger partial charge in [0.25, 0.3) is 0 Å². The second kappa shape index (κ2) is 8.86. The highest BCUT2D eigenvalue weighted by atomic mass is 35.5. The van der Waals surface area contributed by atoms with Crippen molar-refractivity contribution in [1.29, 1.82) is 0 Å². The van der Waals surface area contributed by atoms with E-state index in [1.165, 1.54) is 6.07 Å². The lowest BCUT2D eigenvalue weighted by atomic mass is 10.2. The third-order valence-electron chi connectivity index (χ3n) is 4.20. The SMILES string of the molecule is CCOC(=O)CCCCC[n+]1ccc(-c2nc3cc(Cl)c(O)cc3o2)cc1. The van der Waals surface area contributed by atoms with Crippen molar-refractivity contribution in [3.05, 3.63) is 41.7 Å². The first-order valence-electron chi connectivity index (χ1n) is 9.01.